The molecular formula is C34H30N2O2. The Balaban J connectivity index is 1.56. The molecule has 0 atom stereocenters. The van der Waals surface area contributed by atoms with E-state index in [2.05, 4.69) is 12.1 Å². The molecule has 188 valence electrons. The molecule has 0 bridgehead atoms. The fourth-order valence-corrected chi connectivity index (χ4v) is 4.52. The molecule has 5 aromatic rings. The zero-order valence-electron chi connectivity index (χ0n) is 21.5. The van der Waals surface area contributed by atoms with Gasteiger partial charge in [-0.2, -0.15) is 5.10 Å². The molecule has 0 aliphatic rings. The summed E-state index contributed by atoms with van der Waals surface area (Å²) in [6, 6.07) is 38.1. The maximum absolute atomic E-state index is 13.9. The van der Waals surface area contributed by atoms with Crippen molar-refractivity contribution in [3.8, 4) is 16.9 Å². The first-order valence-corrected chi connectivity index (χ1v) is 12.8. The molecule has 0 radical (unpaired) electrons. The van der Waals surface area contributed by atoms with E-state index in [1.54, 1.807) is 4.68 Å². The van der Waals surface area contributed by atoms with Crippen LogP contribution in [0.25, 0.3) is 23.3 Å². The molecule has 0 amide bonds. The molecule has 4 heteroatoms. The van der Waals surface area contributed by atoms with Crippen LogP contribution in [0.1, 0.15) is 27.9 Å². The SMILES string of the molecule is Cc1nn(CCc2ccccc2)c(=O)c(C=Cc2ccccc2)c1-c1ccccc1OCc1ccccc1. The normalized spacial score (nSPS) is 11.1. The van der Waals surface area contributed by atoms with Crippen molar-refractivity contribution in [1.29, 1.82) is 0 Å². The number of ether oxygens (including phenoxy) is 1. The molecule has 0 saturated heterocycles. The number of rotatable bonds is 9. The Kier molecular flexibility index (Phi) is 7.90. The van der Waals surface area contributed by atoms with Gasteiger partial charge in [0.25, 0.3) is 5.56 Å². The lowest BCUT2D eigenvalue weighted by Crippen LogP contribution is -2.27. The third-order valence-electron chi connectivity index (χ3n) is 6.46. The van der Waals surface area contributed by atoms with Gasteiger partial charge in [0.15, 0.2) is 0 Å². The van der Waals surface area contributed by atoms with Crippen LogP contribution < -0.4 is 10.3 Å². The Morgan fingerprint density at radius 3 is 2.05 bits per heavy atom. The average molecular weight is 499 g/mol. The van der Waals surface area contributed by atoms with Gasteiger partial charge in [0.2, 0.25) is 0 Å². The molecule has 4 nitrogen and oxygen atoms in total. The number of benzene rings is 4. The summed E-state index contributed by atoms with van der Waals surface area (Å²) in [5.74, 6) is 0.719. The van der Waals surface area contributed by atoms with Crippen molar-refractivity contribution >= 4 is 12.2 Å². The summed E-state index contributed by atoms with van der Waals surface area (Å²) < 4.78 is 7.85. The quantitative estimate of drug-likeness (QED) is 0.216. The predicted octanol–water partition coefficient (Wildman–Crippen LogP) is 7.21. The monoisotopic (exact) mass is 498 g/mol. The summed E-state index contributed by atoms with van der Waals surface area (Å²) in [6.07, 6.45) is 4.62. The smallest absolute Gasteiger partial charge is 0.274 e. The Morgan fingerprint density at radius 1 is 0.737 bits per heavy atom. The minimum atomic E-state index is -0.119. The molecule has 0 N–H and O–H groups in total. The predicted molar refractivity (Wildman–Crippen MR) is 155 cm³/mol. The number of para-hydroxylation sites is 1. The standard InChI is InChI=1S/C34H30N2O2/c1-26-33(30-19-11-12-20-32(30)38-25-29-17-9-4-10-18-29)31(22-21-27-13-5-2-6-14-27)34(37)36(35-26)24-23-28-15-7-3-8-16-28/h2-22H,23-25H2,1H3. The summed E-state index contributed by atoms with van der Waals surface area (Å²) in [5, 5.41) is 4.75. The molecule has 0 saturated carbocycles. The largest absolute Gasteiger partial charge is 0.488 e. The molecule has 5 rings (SSSR count). The van der Waals surface area contributed by atoms with E-state index in [9.17, 15) is 4.79 Å². The van der Waals surface area contributed by atoms with Gasteiger partial charge in [0.1, 0.15) is 12.4 Å². The van der Waals surface area contributed by atoms with Gasteiger partial charge in [-0.15, -0.1) is 0 Å². The number of aryl methyl sites for hydroxylation is 3. The molecule has 1 aromatic heterocycles. The van der Waals surface area contributed by atoms with Gasteiger partial charge in [0, 0.05) is 17.7 Å². The Bertz CT molecular complexity index is 1570. The molecule has 0 aliphatic heterocycles. The topological polar surface area (TPSA) is 44.1 Å². The molecule has 0 aliphatic carbocycles. The first-order chi connectivity index (χ1) is 18.7. The van der Waals surface area contributed by atoms with Gasteiger partial charge in [-0.05, 0) is 42.2 Å². The fourth-order valence-electron chi connectivity index (χ4n) is 4.52. The van der Waals surface area contributed by atoms with Gasteiger partial charge in [0.05, 0.1) is 11.3 Å². The maximum Gasteiger partial charge on any atom is 0.274 e. The molecule has 0 fully saturated rings. The Labute approximate surface area is 223 Å². The molecule has 38 heavy (non-hydrogen) atoms. The highest BCUT2D eigenvalue weighted by Gasteiger charge is 2.18. The summed E-state index contributed by atoms with van der Waals surface area (Å²) in [4.78, 5) is 13.9. The zero-order valence-corrected chi connectivity index (χ0v) is 21.5. The van der Waals surface area contributed by atoms with Crippen LogP contribution in [0.5, 0.6) is 5.75 Å². The molecule has 0 unspecified atom stereocenters. The van der Waals surface area contributed by atoms with Gasteiger partial charge >= 0.3 is 0 Å². The van der Waals surface area contributed by atoms with Crippen LogP contribution in [0.4, 0.5) is 0 Å². The van der Waals surface area contributed by atoms with Crippen LogP contribution in [0.3, 0.4) is 0 Å². The molecule has 4 aromatic carbocycles. The van der Waals surface area contributed by atoms with E-state index in [4.69, 9.17) is 9.84 Å². The second-order valence-electron chi connectivity index (χ2n) is 9.15. The van der Waals surface area contributed by atoms with Gasteiger partial charge < -0.3 is 4.74 Å². The summed E-state index contributed by atoms with van der Waals surface area (Å²) in [6.45, 7) is 2.90. The van der Waals surface area contributed by atoms with Crippen LogP contribution in [-0.2, 0) is 19.6 Å². The highest BCUT2D eigenvalue weighted by molar-refractivity contribution is 5.84. The maximum atomic E-state index is 13.9. The fraction of sp³-hybridized carbons (Fsp3) is 0.118. The van der Waals surface area contributed by atoms with Crippen molar-refractivity contribution in [2.45, 2.75) is 26.5 Å². The van der Waals surface area contributed by atoms with Gasteiger partial charge in [-0.3, -0.25) is 4.79 Å². The lowest BCUT2D eigenvalue weighted by Gasteiger charge is -2.17. The number of aromatic nitrogens is 2. The molecule has 1 heterocycles. The van der Waals surface area contributed by atoms with E-state index in [0.717, 1.165) is 40.1 Å². The van der Waals surface area contributed by atoms with Crippen LogP contribution >= 0.6 is 0 Å². The lowest BCUT2D eigenvalue weighted by atomic mass is 9.97. The van der Waals surface area contributed by atoms with Gasteiger partial charge in [-0.25, -0.2) is 4.68 Å². The number of nitrogens with zero attached hydrogens (tertiary/aromatic N) is 2. The Hall–Kier alpha value is -4.70. The van der Waals surface area contributed by atoms with Crippen LogP contribution in [0, 0.1) is 6.92 Å². The van der Waals surface area contributed by atoms with Crippen molar-refractivity contribution in [3.05, 3.63) is 154 Å². The highest BCUT2D eigenvalue weighted by atomic mass is 16.5. The van der Waals surface area contributed by atoms with Crippen LogP contribution in [0.15, 0.2) is 120 Å². The lowest BCUT2D eigenvalue weighted by molar-refractivity contribution is 0.307. The molecular weight excluding hydrogens is 468 g/mol. The second-order valence-corrected chi connectivity index (χ2v) is 9.15. The van der Waals surface area contributed by atoms with Gasteiger partial charge in [-0.1, -0.05) is 115 Å². The van der Waals surface area contributed by atoms with Crippen molar-refractivity contribution in [2.24, 2.45) is 0 Å². The van der Waals surface area contributed by atoms with Crippen molar-refractivity contribution in [2.75, 3.05) is 0 Å². The van der Waals surface area contributed by atoms with E-state index >= 15 is 0 Å². The van der Waals surface area contributed by atoms with Crippen LogP contribution in [0.2, 0.25) is 0 Å². The second kappa shape index (κ2) is 12.0. The third-order valence-corrected chi connectivity index (χ3v) is 6.46. The Morgan fingerprint density at radius 2 is 1.34 bits per heavy atom. The zero-order chi connectivity index (χ0) is 26.2. The van der Waals surface area contributed by atoms with E-state index < -0.39 is 0 Å². The number of hydrogen-bond donors (Lipinski definition) is 0. The summed E-state index contributed by atoms with van der Waals surface area (Å²) in [5.41, 5.74) is 6.19. The van der Waals surface area contributed by atoms with Crippen molar-refractivity contribution in [1.82, 2.24) is 9.78 Å². The van der Waals surface area contributed by atoms with Crippen molar-refractivity contribution in [3.63, 3.8) is 0 Å². The van der Waals surface area contributed by atoms with E-state index in [-0.39, 0.29) is 5.56 Å². The summed E-state index contributed by atoms with van der Waals surface area (Å²) >= 11 is 0. The van der Waals surface area contributed by atoms with E-state index in [1.165, 1.54) is 5.56 Å². The highest BCUT2D eigenvalue weighted by Crippen LogP contribution is 2.34. The first kappa shape index (κ1) is 25.0. The van der Waals surface area contributed by atoms with E-state index in [0.29, 0.717) is 18.7 Å². The average Bonchev–Trinajstić information content (AvgIpc) is 2.97. The van der Waals surface area contributed by atoms with E-state index in [1.807, 2.05) is 122 Å². The first-order valence-electron chi connectivity index (χ1n) is 12.8. The third kappa shape index (κ3) is 5.98. The minimum Gasteiger partial charge on any atom is -0.488 e. The van der Waals surface area contributed by atoms with Crippen molar-refractivity contribution < 1.29 is 4.74 Å². The molecule has 0 spiro atoms. The number of hydrogen-bond acceptors (Lipinski definition) is 3. The van der Waals surface area contributed by atoms with Crippen LogP contribution in [-0.4, -0.2) is 9.78 Å². The minimum absolute atomic E-state index is 0.119. The summed E-state index contributed by atoms with van der Waals surface area (Å²) in [7, 11) is 0.